The maximum atomic E-state index is 12.5. The van der Waals surface area contributed by atoms with Crippen molar-refractivity contribution in [1.82, 2.24) is 4.90 Å². The highest BCUT2D eigenvalue weighted by Gasteiger charge is 2.26. The van der Waals surface area contributed by atoms with Gasteiger partial charge in [0.25, 0.3) is 5.91 Å². The van der Waals surface area contributed by atoms with E-state index in [4.69, 9.17) is 11.6 Å². The lowest BCUT2D eigenvalue weighted by molar-refractivity contribution is 0.0698. The van der Waals surface area contributed by atoms with Crippen molar-refractivity contribution < 1.29 is 14.7 Å². The van der Waals surface area contributed by atoms with E-state index in [1.165, 1.54) is 32.4 Å². The average Bonchev–Trinajstić information content (AvgIpc) is 2.80. The van der Waals surface area contributed by atoms with Crippen molar-refractivity contribution in [3.63, 3.8) is 0 Å². The number of carbonyl (C=O) groups is 2. The predicted octanol–water partition coefficient (Wildman–Crippen LogP) is 4.75. The van der Waals surface area contributed by atoms with E-state index in [0.717, 1.165) is 31.6 Å². The number of halogens is 1. The molecule has 0 atom stereocenters. The molecule has 1 amide bonds. The van der Waals surface area contributed by atoms with Crippen LogP contribution in [0.5, 0.6) is 0 Å². The van der Waals surface area contributed by atoms with Crippen LogP contribution >= 0.6 is 11.6 Å². The molecule has 0 aromatic heterocycles. The molecule has 0 aliphatic carbocycles. The first-order valence-corrected chi connectivity index (χ1v) is 11.3. The van der Waals surface area contributed by atoms with Crippen LogP contribution < -0.4 is 10.2 Å². The third-order valence-corrected chi connectivity index (χ3v) is 6.58. The maximum absolute atomic E-state index is 12.5. The first-order valence-electron chi connectivity index (χ1n) is 10.9. The number of carbonyl (C=O) groups excluding carboxylic acids is 1. The Morgan fingerprint density at radius 1 is 0.935 bits per heavy atom. The number of nitrogens with one attached hydrogen (secondary N) is 1. The third-order valence-electron chi connectivity index (χ3n) is 6.32. The molecule has 0 radical (unpaired) electrons. The fraction of sp³-hybridized carbons (Fsp3) is 0.417. The Labute approximate surface area is 187 Å². The first kappa shape index (κ1) is 21.7. The standard InChI is InChI=1S/C24H28ClN3O3/c25-18-6-4-17(5-7-18)23(29)26-22-9-8-20(16-21(22)24(30)31)28-14-10-19(11-15-28)27-12-2-1-3-13-27/h4-9,16,19H,1-3,10-15H2,(H,26,29)(H,30,31). The number of carboxylic acid groups (broad SMARTS) is 1. The van der Waals surface area contributed by atoms with E-state index in [0.29, 0.717) is 22.3 Å². The Bertz CT molecular complexity index is 934. The molecule has 31 heavy (non-hydrogen) atoms. The lowest BCUT2D eigenvalue weighted by Crippen LogP contribution is -2.46. The van der Waals surface area contributed by atoms with Gasteiger partial charge in [-0.25, -0.2) is 4.79 Å². The number of aromatic carboxylic acids is 1. The van der Waals surface area contributed by atoms with Gasteiger partial charge in [0.2, 0.25) is 0 Å². The van der Waals surface area contributed by atoms with E-state index >= 15 is 0 Å². The molecular formula is C24H28ClN3O3. The maximum Gasteiger partial charge on any atom is 0.337 e. The SMILES string of the molecule is O=C(Nc1ccc(N2CCC(N3CCCCC3)CC2)cc1C(=O)O)c1ccc(Cl)cc1. The van der Waals surface area contributed by atoms with Crippen LogP contribution in [0.3, 0.4) is 0 Å². The number of amides is 1. The van der Waals surface area contributed by atoms with Crippen LogP contribution in [0, 0.1) is 0 Å². The number of piperidine rings is 2. The van der Waals surface area contributed by atoms with Crippen LogP contribution in [0.1, 0.15) is 52.8 Å². The molecule has 6 nitrogen and oxygen atoms in total. The van der Waals surface area contributed by atoms with E-state index in [1.54, 1.807) is 36.4 Å². The Kier molecular flexibility index (Phi) is 6.78. The first-order chi connectivity index (χ1) is 15.0. The van der Waals surface area contributed by atoms with Crippen LogP contribution in [0.2, 0.25) is 5.02 Å². The van der Waals surface area contributed by atoms with Crippen LogP contribution in [0.15, 0.2) is 42.5 Å². The molecule has 2 aliphatic rings. The van der Waals surface area contributed by atoms with Crippen molar-refractivity contribution >= 4 is 34.9 Å². The fourth-order valence-electron chi connectivity index (χ4n) is 4.58. The second-order valence-corrected chi connectivity index (χ2v) is 8.75. The summed E-state index contributed by atoms with van der Waals surface area (Å²) in [6, 6.07) is 12.4. The van der Waals surface area contributed by atoms with Crippen molar-refractivity contribution in [3.8, 4) is 0 Å². The number of carboxylic acids is 1. The van der Waals surface area contributed by atoms with Crippen molar-refractivity contribution in [2.24, 2.45) is 0 Å². The molecule has 4 rings (SSSR count). The highest BCUT2D eigenvalue weighted by molar-refractivity contribution is 6.30. The normalized spacial score (nSPS) is 18.0. The number of nitrogens with zero attached hydrogens (tertiary/aromatic N) is 2. The molecule has 2 aromatic rings. The minimum absolute atomic E-state index is 0.0953. The summed E-state index contributed by atoms with van der Waals surface area (Å²) in [6.45, 7) is 4.24. The summed E-state index contributed by atoms with van der Waals surface area (Å²) in [5, 5.41) is 13.0. The monoisotopic (exact) mass is 441 g/mol. The lowest BCUT2D eigenvalue weighted by atomic mass is 9.99. The largest absolute Gasteiger partial charge is 0.478 e. The number of hydrogen-bond donors (Lipinski definition) is 2. The molecule has 2 saturated heterocycles. The zero-order chi connectivity index (χ0) is 21.8. The van der Waals surface area contributed by atoms with Crippen molar-refractivity contribution in [3.05, 3.63) is 58.6 Å². The summed E-state index contributed by atoms with van der Waals surface area (Å²) < 4.78 is 0. The van der Waals surface area contributed by atoms with Crippen LogP contribution in [0.4, 0.5) is 11.4 Å². The summed E-state index contributed by atoms with van der Waals surface area (Å²) in [5.74, 6) is -1.43. The Hall–Kier alpha value is -2.57. The fourth-order valence-corrected chi connectivity index (χ4v) is 4.71. The predicted molar refractivity (Wildman–Crippen MR) is 123 cm³/mol. The zero-order valence-corrected chi connectivity index (χ0v) is 18.3. The Balaban J connectivity index is 1.44. The van der Waals surface area contributed by atoms with E-state index in [9.17, 15) is 14.7 Å². The van der Waals surface area contributed by atoms with Crippen LogP contribution in [-0.4, -0.2) is 54.1 Å². The van der Waals surface area contributed by atoms with E-state index < -0.39 is 5.97 Å². The molecule has 2 fully saturated rings. The van der Waals surface area contributed by atoms with Gasteiger partial charge < -0.3 is 20.2 Å². The smallest absolute Gasteiger partial charge is 0.337 e. The molecule has 164 valence electrons. The van der Waals surface area contributed by atoms with Crippen molar-refractivity contribution in [2.45, 2.75) is 38.1 Å². The zero-order valence-electron chi connectivity index (χ0n) is 17.5. The summed E-state index contributed by atoms with van der Waals surface area (Å²) in [4.78, 5) is 29.3. The molecular weight excluding hydrogens is 414 g/mol. The van der Waals surface area contributed by atoms with Gasteiger partial charge in [-0.3, -0.25) is 4.79 Å². The van der Waals surface area contributed by atoms with Gasteiger partial charge in [-0.2, -0.15) is 0 Å². The van der Waals surface area contributed by atoms with E-state index in [2.05, 4.69) is 15.1 Å². The van der Waals surface area contributed by atoms with Gasteiger partial charge in [0, 0.05) is 35.4 Å². The molecule has 2 heterocycles. The molecule has 2 aliphatic heterocycles. The number of likely N-dealkylation sites (tertiary alicyclic amines) is 1. The summed E-state index contributed by atoms with van der Waals surface area (Å²) >= 11 is 5.87. The van der Waals surface area contributed by atoms with Gasteiger partial charge in [0.1, 0.15) is 0 Å². The summed E-state index contributed by atoms with van der Waals surface area (Å²) in [6.07, 6.45) is 6.12. The molecule has 0 unspecified atom stereocenters. The lowest BCUT2D eigenvalue weighted by Gasteiger charge is -2.41. The summed E-state index contributed by atoms with van der Waals surface area (Å²) in [5.41, 5.74) is 1.70. The van der Waals surface area contributed by atoms with Gasteiger partial charge in [0.05, 0.1) is 11.3 Å². The quantitative estimate of drug-likeness (QED) is 0.700. The molecule has 7 heteroatoms. The Morgan fingerprint density at radius 2 is 1.61 bits per heavy atom. The second-order valence-electron chi connectivity index (χ2n) is 8.31. The van der Waals surface area contributed by atoms with Gasteiger partial charge in [-0.05, 0) is 81.2 Å². The average molecular weight is 442 g/mol. The number of benzene rings is 2. The van der Waals surface area contributed by atoms with Crippen LogP contribution in [-0.2, 0) is 0 Å². The molecule has 0 saturated carbocycles. The molecule has 2 aromatic carbocycles. The highest BCUT2D eigenvalue weighted by Crippen LogP contribution is 2.28. The van der Waals surface area contributed by atoms with E-state index in [-0.39, 0.29) is 11.5 Å². The molecule has 0 bridgehead atoms. The Morgan fingerprint density at radius 3 is 2.26 bits per heavy atom. The third kappa shape index (κ3) is 5.20. The number of hydrogen-bond acceptors (Lipinski definition) is 4. The van der Waals surface area contributed by atoms with Gasteiger partial charge in [-0.1, -0.05) is 18.0 Å². The molecule has 2 N–H and O–H groups in total. The number of rotatable bonds is 5. The second kappa shape index (κ2) is 9.71. The van der Waals surface area contributed by atoms with Gasteiger partial charge in [0.15, 0.2) is 0 Å². The van der Waals surface area contributed by atoms with Crippen LogP contribution in [0.25, 0.3) is 0 Å². The minimum Gasteiger partial charge on any atom is -0.478 e. The summed E-state index contributed by atoms with van der Waals surface area (Å²) in [7, 11) is 0. The van der Waals surface area contributed by atoms with Gasteiger partial charge in [-0.15, -0.1) is 0 Å². The van der Waals surface area contributed by atoms with Crippen molar-refractivity contribution in [2.75, 3.05) is 36.4 Å². The highest BCUT2D eigenvalue weighted by atomic mass is 35.5. The van der Waals surface area contributed by atoms with Crippen molar-refractivity contribution in [1.29, 1.82) is 0 Å². The topological polar surface area (TPSA) is 72.9 Å². The number of anilines is 2. The van der Waals surface area contributed by atoms with Gasteiger partial charge >= 0.3 is 5.97 Å². The van der Waals surface area contributed by atoms with E-state index in [1.807, 2.05) is 6.07 Å². The molecule has 0 spiro atoms. The minimum atomic E-state index is -1.06.